The molecule has 1 unspecified atom stereocenters. The van der Waals surface area contributed by atoms with E-state index in [4.69, 9.17) is 11.6 Å². The maximum absolute atomic E-state index is 6.37. The molecule has 0 amide bonds. The van der Waals surface area contributed by atoms with E-state index in [2.05, 4.69) is 44.9 Å². The maximum Gasteiger partial charge on any atom is 0.0786 e. The summed E-state index contributed by atoms with van der Waals surface area (Å²) in [4.78, 5) is 3.61. The topological polar surface area (TPSA) is 15.3 Å². The summed E-state index contributed by atoms with van der Waals surface area (Å²) in [6.45, 7) is 0. The van der Waals surface area contributed by atoms with E-state index >= 15 is 0 Å². The van der Waals surface area contributed by atoms with E-state index in [0.29, 0.717) is 6.04 Å². The Morgan fingerprint density at radius 3 is 2.95 bits per heavy atom. The summed E-state index contributed by atoms with van der Waals surface area (Å²) < 4.78 is 1.38. The van der Waals surface area contributed by atoms with Gasteiger partial charge < -0.3 is 10.2 Å². The molecule has 0 spiro atoms. The number of benzene rings is 1. The lowest BCUT2D eigenvalue weighted by molar-refractivity contribution is 0.609. The van der Waals surface area contributed by atoms with Crippen LogP contribution < -0.4 is 10.2 Å². The molecule has 3 rings (SSSR count). The monoisotopic (exact) mass is 432 g/mol. The number of aryl methyl sites for hydroxylation is 1. The summed E-state index contributed by atoms with van der Waals surface area (Å²) in [5, 5.41) is 4.51. The van der Waals surface area contributed by atoms with Crippen molar-refractivity contribution < 1.29 is 0 Å². The third-order valence-electron chi connectivity index (χ3n) is 3.85. The highest BCUT2D eigenvalue weighted by Crippen LogP contribution is 2.40. The van der Waals surface area contributed by atoms with E-state index in [0.717, 1.165) is 16.4 Å². The third kappa shape index (κ3) is 3.17. The highest BCUT2D eigenvalue weighted by molar-refractivity contribution is 14.1. The molecule has 1 atom stereocenters. The first kappa shape index (κ1) is 15.4. The zero-order valence-electron chi connectivity index (χ0n) is 12.1. The first-order valence-corrected chi connectivity index (χ1v) is 9.34. The first-order valence-electron chi connectivity index (χ1n) is 7.06. The molecule has 0 saturated carbocycles. The zero-order valence-corrected chi connectivity index (χ0v) is 15.8. The van der Waals surface area contributed by atoms with Crippen LogP contribution in [0.25, 0.3) is 0 Å². The molecule has 1 heterocycles. The van der Waals surface area contributed by atoms with Gasteiger partial charge in [0.05, 0.1) is 25.3 Å². The minimum Gasteiger partial charge on any atom is -0.376 e. The zero-order chi connectivity index (χ0) is 15.0. The van der Waals surface area contributed by atoms with Gasteiger partial charge in [-0.1, -0.05) is 17.7 Å². The Hall–Kier alpha value is -0.460. The number of halogens is 2. The van der Waals surface area contributed by atoms with E-state index in [1.54, 1.807) is 0 Å². The van der Waals surface area contributed by atoms with E-state index in [1.165, 1.54) is 32.6 Å². The van der Waals surface area contributed by atoms with Gasteiger partial charge in [-0.15, -0.1) is 11.3 Å². The van der Waals surface area contributed by atoms with E-state index in [9.17, 15) is 0 Å². The van der Waals surface area contributed by atoms with Gasteiger partial charge in [-0.3, -0.25) is 0 Å². The van der Waals surface area contributed by atoms with Crippen molar-refractivity contribution >= 4 is 56.9 Å². The predicted molar refractivity (Wildman–Crippen MR) is 102 cm³/mol. The highest BCUT2D eigenvalue weighted by atomic mass is 127. The molecular formula is C16H18ClIN2S. The lowest BCUT2D eigenvalue weighted by Crippen LogP contribution is -2.18. The number of rotatable bonds is 3. The summed E-state index contributed by atoms with van der Waals surface area (Å²) in [7, 11) is 4.07. The van der Waals surface area contributed by atoms with Crippen LogP contribution in [0.1, 0.15) is 29.3 Å². The van der Waals surface area contributed by atoms with Crippen molar-refractivity contribution in [2.45, 2.75) is 25.3 Å². The van der Waals surface area contributed by atoms with Crippen molar-refractivity contribution in [1.29, 1.82) is 0 Å². The molecule has 1 aromatic heterocycles. The Bertz CT molecular complexity index is 654. The molecular weight excluding hydrogens is 415 g/mol. The fourth-order valence-electron chi connectivity index (χ4n) is 2.95. The van der Waals surface area contributed by atoms with Gasteiger partial charge >= 0.3 is 0 Å². The SMILES string of the molecule is CN(C)c1c(Cl)cccc1NC1CCCc2sc(I)cc21. The van der Waals surface area contributed by atoms with Crippen LogP contribution in [0.4, 0.5) is 11.4 Å². The number of nitrogens with one attached hydrogen (secondary N) is 1. The first-order chi connectivity index (χ1) is 10.1. The largest absolute Gasteiger partial charge is 0.376 e. The molecule has 0 radical (unpaired) electrons. The molecule has 1 aliphatic carbocycles. The van der Waals surface area contributed by atoms with E-state index in [-0.39, 0.29) is 0 Å². The van der Waals surface area contributed by atoms with Gasteiger partial charge in [-0.2, -0.15) is 0 Å². The molecule has 1 aromatic carbocycles. The van der Waals surface area contributed by atoms with Crippen LogP contribution in [0.15, 0.2) is 24.3 Å². The number of thiophene rings is 1. The minimum absolute atomic E-state index is 0.394. The average molecular weight is 433 g/mol. The maximum atomic E-state index is 6.37. The van der Waals surface area contributed by atoms with Crippen molar-refractivity contribution in [3.63, 3.8) is 0 Å². The van der Waals surface area contributed by atoms with E-state index in [1.807, 2.05) is 37.6 Å². The van der Waals surface area contributed by atoms with Gasteiger partial charge in [0.1, 0.15) is 0 Å². The smallest absolute Gasteiger partial charge is 0.0786 e. The summed E-state index contributed by atoms with van der Waals surface area (Å²) >= 11 is 10.7. The second kappa shape index (κ2) is 6.34. The van der Waals surface area contributed by atoms with Crippen molar-refractivity contribution in [2.75, 3.05) is 24.3 Å². The number of fused-ring (bicyclic) bond motifs is 1. The molecule has 5 heteroatoms. The van der Waals surface area contributed by atoms with Crippen molar-refractivity contribution in [2.24, 2.45) is 0 Å². The molecule has 2 aromatic rings. The number of anilines is 2. The van der Waals surface area contributed by atoms with Crippen LogP contribution in [0, 0.1) is 2.88 Å². The summed E-state index contributed by atoms with van der Waals surface area (Å²) in [5.74, 6) is 0. The Morgan fingerprint density at radius 1 is 1.38 bits per heavy atom. The molecule has 0 bridgehead atoms. The van der Waals surface area contributed by atoms with Gasteiger partial charge in [0.2, 0.25) is 0 Å². The summed E-state index contributed by atoms with van der Waals surface area (Å²) in [6.07, 6.45) is 3.65. The fraction of sp³-hybridized carbons (Fsp3) is 0.375. The quantitative estimate of drug-likeness (QED) is 0.639. The average Bonchev–Trinajstić information content (AvgIpc) is 2.80. The summed E-state index contributed by atoms with van der Waals surface area (Å²) in [6, 6.07) is 8.80. The number of nitrogens with zero attached hydrogens (tertiary/aromatic N) is 1. The molecule has 2 nitrogen and oxygen atoms in total. The van der Waals surface area contributed by atoms with Gasteiger partial charge in [-0.25, -0.2) is 0 Å². The molecule has 112 valence electrons. The van der Waals surface area contributed by atoms with E-state index < -0.39 is 0 Å². The van der Waals surface area contributed by atoms with Crippen LogP contribution in [-0.2, 0) is 6.42 Å². The van der Waals surface area contributed by atoms with Crippen LogP contribution in [0.5, 0.6) is 0 Å². The molecule has 0 saturated heterocycles. The fourth-order valence-corrected chi connectivity index (χ4v) is 5.41. The number of hydrogen-bond acceptors (Lipinski definition) is 3. The number of hydrogen-bond donors (Lipinski definition) is 1. The van der Waals surface area contributed by atoms with Crippen molar-refractivity contribution in [3.05, 3.63) is 42.6 Å². The molecule has 21 heavy (non-hydrogen) atoms. The molecule has 0 fully saturated rings. The normalized spacial score (nSPS) is 17.4. The van der Waals surface area contributed by atoms with Gasteiger partial charge in [0.25, 0.3) is 0 Å². The lowest BCUT2D eigenvalue weighted by Gasteiger charge is -2.27. The van der Waals surface area contributed by atoms with Crippen molar-refractivity contribution in [1.82, 2.24) is 0 Å². The van der Waals surface area contributed by atoms with Gasteiger partial charge in [-0.05, 0) is 65.6 Å². The standard InChI is InChI=1S/C16H18ClIN2S/c1-20(2)16-11(17)5-3-7-13(16)19-12-6-4-8-14-10(12)9-15(18)21-14/h3,5,7,9,12,19H,4,6,8H2,1-2H3. The number of para-hydroxylation sites is 1. The molecule has 0 aliphatic heterocycles. The predicted octanol–water partition coefficient (Wildman–Crippen LogP) is 5.56. The Kier molecular flexibility index (Phi) is 4.66. The molecule has 1 N–H and O–H groups in total. The Balaban J connectivity index is 1.93. The Morgan fingerprint density at radius 2 is 2.19 bits per heavy atom. The molecule has 1 aliphatic rings. The minimum atomic E-state index is 0.394. The second-order valence-corrected chi connectivity index (χ2v) is 8.99. The highest BCUT2D eigenvalue weighted by Gasteiger charge is 2.23. The third-order valence-corrected chi connectivity index (χ3v) is 6.12. The van der Waals surface area contributed by atoms with Gasteiger partial charge in [0, 0.05) is 19.0 Å². The second-order valence-electron chi connectivity index (χ2n) is 5.55. The van der Waals surface area contributed by atoms with Crippen LogP contribution in [0.2, 0.25) is 5.02 Å². The Labute approximate surface area is 148 Å². The van der Waals surface area contributed by atoms with Gasteiger partial charge in [0.15, 0.2) is 0 Å². The van der Waals surface area contributed by atoms with Crippen LogP contribution >= 0.6 is 45.5 Å². The lowest BCUT2D eigenvalue weighted by atomic mass is 9.94. The summed E-state index contributed by atoms with van der Waals surface area (Å²) in [5.41, 5.74) is 3.66. The van der Waals surface area contributed by atoms with Crippen LogP contribution in [-0.4, -0.2) is 14.1 Å². The van der Waals surface area contributed by atoms with Crippen molar-refractivity contribution in [3.8, 4) is 0 Å². The van der Waals surface area contributed by atoms with Crippen LogP contribution in [0.3, 0.4) is 0 Å².